The van der Waals surface area contributed by atoms with Crippen molar-refractivity contribution in [2.75, 3.05) is 38.1 Å². The Kier molecular flexibility index (Phi) is 5.86. The summed E-state index contributed by atoms with van der Waals surface area (Å²) in [5.74, 6) is 0.525. The summed E-state index contributed by atoms with van der Waals surface area (Å²) in [6.07, 6.45) is 2.95. The Morgan fingerprint density at radius 2 is 1.76 bits per heavy atom. The lowest BCUT2D eigenvalue weighted by Crippen LogP contribution is -2.52. The maximum Gasteiger partial charge on any atom is 0.407 e. The molecule has 0 aromatic heterocycles. The topological polar surface area (TPSA) is 44.8 Å². The highest BCUT2D eigenvalue weighted by molar-refractivity contribution is 5.74. The van der Waals surface area contributed by atoms with Crippen LogP contribution in [0, 0.1) is 5.92 Å². The van der Waals surface area contributed by atoms with Crippen LogP contribution in [-0.2, 0) is 10.2 Å². The molecule has 3 saturated heterocycles. The van der Waals surface area contributed by atoms with Crippen molar-refractivity contribution in [2.24, 2.45) is 5.92 Å². The van der Waals surface area contributed by atoms with Crippen LogP contribution < -0.4 is 10.2 Å². The molecular weight excluding hydrogens is 410 g/mol. The third kappa shape index (κ3) is 4.61. The summed E-state index contributed by atoms with van der Waals surface area (Å²) in [6, 6.07) is 15.5. The summed E-state index contributed by atoms with van der Waals surface area (Å²) in [5, 5.41) is 3.18. The minimum atomic E-state index is -0.267. The molecule has 1 unspecified atom stereocenters. The van der Waals surface area contributed by atoms with Gasteiger partial charge in [0.05, 0.1) is 6.04 Å². The molecular formula is C28H37N3O2. The zero-order valence-electron chi connectivity index (χ0n) is 20.4. The van der Waals surface area contributed by atoms with Gasteiger partial charge in [-0.25, -0.2) is 4.79 Å². The van der Waals surface area contributed by atoms with E-state index in [4.69, 9.17) is 4.74 Å². The second-order valence-electron chi connectivity index (χ2n) is 11.1. The summed E-state index contributed by atoms with van der Waals surface area (Å²) >= 11 is 0. The first-order valence-corrected chi connectivity index (χ1v) is 12.4. The lowest BCUT2D eigenvalue weighted by atomic mass is 9.85. The second-order valence-corrected chi connectivity index (χ2v) is 11.1. The van der Waals surface area contributed by atoms with Crippen LogP contribution in [0.25, 0.3) is 11.1 Å². The molecule has 5 heteroatoms. The number of nitrogens with one attached hydrogen (secondary N) is 1. The number of fused-ring (bicyclic) bond motifs is 4. The van der Waals surface area contributed by atoms with Gasteiger partial charge in [0.2, 0.25) is 0 Å². The van der Waals surface area contributed by atoms with Gasteiger partial charge in [-0.1, -0.05) is 57.2 Å². The smallest absolute Gasteiger partial charge is 0.407 e. The molecule has 0 spiro atoms. The lowest BCUT2D eigenvalue weighted by Gasteiger charge is -2.44. The number of benzene rings is 2. The molecule has 176 valence electrons. The highest BCUT2D eigenvalue weighted by atomic mass is 16.6. The van der Waals surface area contributed by atoms with E-state index in [1.54, 1.807) is 0 Å². The standard InChI is InChI=1S/C28H37N3O2/c1-28(2,3)22-7-5-6-20(16-22)21-8-9-23-24(12-13-30(4)25(23)17-21)29-27(32)33-26-18-31-14-10-19(26)11-15-31/h5-9,16-17,19,24,26H,10-15,18H2,1-4H3,(H,29,32)/t24?,26-/m0/s1. The minimum Gasteiger partial charge on any atom is -0.445 e. The van der Waals surface area contributed by atoms with Gasteiger partial charge in [0.25, 0.3) is 0 Å². The molecule has 2 aromatic rings. The van der Waals surface area contributed by atoms with Gasteiger partial charge in [0, 0.05) is 25.8 Å². The highest BCUT2D eigenvalue weighted by Crippen LogP contribution is 2.37. The predicted molar refractivity (Wildman–Crippen MR) is 134 cm³/mol. The Labute approximate surface area is 198 Å². The first kappa shape index (κ1) is 22.3. The molecule has 0 saturated carbocycles. The van der Waals surface area contributed by atoms with E-state index in [9.17, 15) is 4.79 Å². The molecule has 0 aliphatic carbocycles. The number of piperidine rings is 3. The van der Waals surface area contributed by atoms with Crippen molar-refractivity contribution in [3.63, 3.8) is 0 Å². The highest BCUT2D eigenvalue weighted by Gasteiger charge is 2.37. The van der Waals surface area contributed by atoms with E-state index in [1.165, 1.54) is 27.9 Å². The third-order valence-corrected chi connectivity index (χ3v) is 7.78. The quantitative estimate of drug-likeness (QED) is 0.689. The molecule has 4 aliphatic rings. The first-order valence-electron chi connectivity index (χ1n) is 12.4. The zero-order chi connectivity index (χ0) is 23.2. The van der Waals surface area contributed by atoms with Crippen LogP contribution in [0.15, 0.2) is 42.5 Å². The van der Waals surface area contributed by atoms with E-state index in [1.807, 2.05) is 0 Å². The van der Waals surface area contributed by atoms with E-state index in [2.05, 4.69) is 85.4 Å². The number of amides is 1. The molecule has 3 fully saturated rings. The molecule has 4 aliphatic heterocycles. The number of alkyl carbamates (subject to hydrolysis) is 1. The average molecular weight is 448 g/mol. The Hall–Kier alpha value is -2.53. The fraction of sp³-hybridized carbons (Fsp3) is 0.536. The number of hydrogen-bond donors (Lipinski definition) is 1. The maximum absolute atomic E-state index is 12.8. The summed E-state index contributed by atoms with van der Waals surface area (Å²) in [7, 11) is 2.13. The second kappa shape index (κ2) is 8.68. The zero-order valence-corrected chi connectivity index (χ0v) is 20.4. The van der Waals surface area contributed by atoms with Crippen molar-refractivity contribution in [1.29, 1.82) is 0 Å². The molecule has 1 amide bonds. The average Bonchev–Trinajstić information content (AvgIpc) is 2.81. The Morgan fingerprint density at radius 3 is 2.45 bits per heavy atom. The fourth-order valence-corrected chi connectivity index (χ4v) is 5.62. The van der Waals surface area contributed by atoms with E-state index < -0.39 is 0 Å². The third-order valence-electron chi connectivity index (χ3n) is 7.78. The van der Waals surface area contributed by atoms with Crippen molar-refractivity contribution in [3.8, 4) is 11.1 Å². The molecule has 5 nitrogen and oxygen atoms in total. The van der Waals surface area contributed by atoms with Crippen molar-refractivity contribution >= 4 is 11.8 Å². The van der Waals surface area contributed by atoms with E-state index in [0.29, 0.717) is 5.92 Å². The lowest BCUT2D eigenvalue weighted by molar-refractivity contribution is -0.0340. The number of nitrogens with zero attached hydrogens (tertiary/aromatic N) is 2. The van der Waals surface area contributed by atoms with E-state index >= 15 is 0 Å². The monoisotopic (exact) mass is 447 g/mol. The maximum atomic E-state index is 12.8. The Morgan fingerprint density at radius 1 is 1.00 bits per heavy atom. The SMILES string of the molecule is CN1CCC(NC(=O)O[C@H]2CN3CCC2CC3)c2ccc(-c3cccc(C(C)(C)C)c3)cc21. The molecule has 1 N–H and O–H groups in total. The van der Waals surface area contributed by atoms with Crippen molar-refractivity contribution in [3.05, 3.63) is 53.6 Å². The van der Waals surface area contributed by atoms with Crippen molar-refractivity contribution < 1.29 is 9.53 Å². The van der Waals surface area contributed by atoms with Gasteiger partial charge in [-0.2, -0.15) is 0 Å². The summed E-state index contributed by atoms with van der Waals surface area (Å²) in [6.45, 7) is 10.8. The number of hydrogen-bond acceptors (Lipinski definition) is 4. The van der Waals surface area contributed by atoms with Crippen molar-refractivity contribution in [2.45, 2.75) is 57.6 Å². The van der Waals surface area contributed by atoms with E-state index in [-0.39, 0.29) is 23.7 Å². The molecule has 2 aromatic carbocycles. The molecule has 33 heavy (non-hydrogen) atoms. The fourth-order valence-electron chi connectivity index (χ4n) is 5.62. The minimum absolute atomic E-state index is 0.0141. The largest absolute Gasteiger partial charge is 0.445 e. The van der Waals surface area contributed by atoms with Crippen molar-refractivity contribution in [1.82, 2.24) is 10.2 Å². The van der Waals surface area contributed by atoms with Gasteiger partial charge >= 0.3 is 6.09 Å². The number of carbonyl (C=O) groups is 1. The number of anilines is 1. The van der Waals surface area contributed by atoms with Gasteiger partial charge in [0.15, 0.2) is 0 Å². The number of carbonyl (C=O) groups excluding carboxylic acids is 1. The number of rotatable bonds is 3. The first-order chi connectivity index (χ1) is 15.8. The van der Waals surface area contributed by atoms with Crippen LogP contribution in [0.5, 0.6) is 0 Å². The van der Waals surface area contributed by atoms with Gasteiger partial charge in [-0.15, -0.1) is 0 Å². The molecule has 4 heterocycles. The van der Waals surface area contributed by atoms with Crippen LogP contribution in [0.4, 0.5) is 10.5 Å². The van der Waals surface area contributed by atoms with Crippen LogP contribution in [-0.4, -0.2) is 50.3 Å². The van der Waals surface area contributed by atoms with E-state index in [0.717, 1.165) is 45.4 Å². The molecule has 6 rings (SSSR count). The van der Waals surface area contributed by atoms with Crippen LogP contribution in [0.1, 0.15) is 57.2 Å². The van der Waals surface area contributed by atoms with Crippen LogP contribution in [0.2, 0.25) is 0 Å². The molecule has 2 atom stereocenters. The normalized spacial score (nSPS) is 26.6. The van der Waals surface area contributed by atoms with Gasteiger partial charge in [-0.3, -0.25) is 4.90 Å². The van der Waals surface area contributed by atoms with Gasteiger partial charge < -0.3 is 15.0 Å². The van der Waals surface area contributed by atoms with Gasteiger partial charge in [-0.05, 0) is 72.0 Å². The summed E-state index contributed by atoms with van der Waals surface area (Å²) in [4.78, 5) is 17.5. The van der Waals surface area contributed by atoms with Crippen LogP contribution >= 0.6 is 0 Å². The Balaban J connectivity index is 1.33. The molecule has 0 radical (unpaired) electrons. The Bertz CT molecular complexity index is 1020. The summed E-state index contributed by atoms with van der Waals surface area (Å²) < 4.78 is 5.90. The number of ether oxygens (including phenoxy) is 1. The van der Waals surface area contributed by atoms with Crippen LogP contribution in [0.3, 0.4) is 0 Å². The predicted octanol–water partition coefficient (Wildman–Crippen LogP) is 5.35. The molecule has 2 bridgehead atoms. The van der Waals surface area contributed by atoms with Gasteiger partial charge in [0.1, 0.15) is 6.10 Å². The summed E-state index contributed by atoms with van der Waals surface area (Å²) in [5.41, 5.74) is 6.25.